The Morgan fingerprint density at radius 2 is 1.86 bits per heavy atom. The second kappa shape index (κ2) is 8.71. The molecule has 2 bridgehead atoms. The maximum Gasteiger partial charge on any atom is 0.246 e. The largest absolute Gasteiger partial charge is 0.356 e. The Morgan fingerprint density at radius 1 is 1.14 bits per heavy atom. The zero-order valence-corrected chi connectivity index (χ0v) is 22.3. The molecule has 5 atom stereocenters. The molecule has 0 saturated carbocycles. The fourth-order valence-electron chi connectivity index (χ4n) is 5.72. The molecule has 1 aromatic carbocycles. The quantitative estimate of drug-likeness (QED) is 0.561. The lowest BCUT2D eigenvalue weighted by atomic mass is 9.70. The molecule has 0 aliphatic carbocycles. The number of halogens is 1. The summed E-state index contributed by atoms with van der Waals surface area (Å²) in [6.45, 7) is 8.08. The minimum absolute atomic E-state index is 0.202. The first-order valence-corrected chi connectivity index (χ1v) is 13.3. The second-order valence-electron chi connectivity index (χ2n) is 11.0. The molecule has 2 saturated heterocycles. The first-order valence-electron chi connectivity index (χ1n) is 12.0. The molecule has 5 rings (SSSR count). The van der Waals surface area contributed by atoms with Gasteiger partial charge in [-0.3, -0.25) is 14.4 Å². The van der Waals surface area contributed by atoms with Gasteiger partial charge in [0.1, 0.15) is 11.6 Å². The minimum Gasteiger partial charge on any atom is -0.356 e. The molecule has 4 heterocycles. The van der Waals surface area contributed by atoms with Crippen molar-refractivity contribution in [2.45, 2.75) is 63.6 Å². The number of amides is 3. The molecule has 36 heavy (non-hydrogen) atoms. The van der Waals surface area contributed by atoms with Crippen LogP contribution in [0.1, 0.15) is 38.1 Å². The van der Waals surface area contributed by atoms with Gasteiger partial charge in [0.25, 0.3) is 0 Å². The molecule has 3 amide bonds. The van der Waals surface area contributed by atoms with Gasteiger partial charge in [-0.1, -0.05) is 42.0 Å². The van der Waals surface area contributed by atoms with E-state index in [-0.39, 0.29) is 24.3 Å². The van der Waals surface area contributed by atoms with Crippen molar-refractivity contribution in [3.8, 4) is 0 Å². The minimum atomic E-state index is -1.22. The Morgan fingerprint density at radius 3 is 2.50 bits per heavy atom. The van der Waals surface area contributed by atoms with Crippen molar-refractivity contribution in [3.05, 3.63) is 69.4 Å². The van der Waals surface area contributed by atoms with Crippen molar-refractivity contribution < 1.29 is 19.1 Å². The van der Waals surface area contributed by atoms with E-state index >= 15 is 0 Å². The number of fused-ring (bicyclic) bond motifs is 1. The molecule has 1 aromatic heterocycles. The van der Waals surface area contributed by atoms with E-state index in [2.05, 4.69) is 10.6 Å². The number of thiophene rings is 1. The lowest BCUT2D eigenvalue weighted by molar-refractivity contribution is -0.146. The van der Waals surface area contributed by atoms with E-state index in [1.165, 1.54) is 0 Å². The molecule has 2 fully saturated rings. The highest BCUT2D eigenvalue weighted by molar-refractivity contribution is 7.09. The van der Waals surface area contributed by atoms with Crippen molar-refractivity contribution in [3.63, 3.8) is 0 Å². The normalized spacial score (nSPS) is 30.5. The lowest BCUT2D eigenvalue weighted by Gasteiger charge is -2.35. The molecule has 190 valence electrons. The van der Waals surface area contributed by atoms with E-state index < -0.39 is 34.6 Å². The average Bonchev–Trinajstić information content (AvgIpc) is 3.53. The van der Waals surface area contributed by atoms with E-state index in [1.54, 1.807) is 28.4 Å². The number of likely N-dealkylation sites (tertiary alicyclic amines) is 1. The molecule has 5 unspecified atom stereocenters. The number of nitrogens with zero attached hydrogens (tertiary/aromatic N) is 1. The van der Waals surface area contributed by atoms with Crippen LogP contribution in [0.5, 0.6) is 0 Å². The third-order valence-electron chi connectivity index (χ3n) is 7.11. The summed E-state index contributed by atoms with van der Waals surface area (Å²) in [6.07, 6.45) is 3.67. The number of hydrogen-bond acceptors (Lipinski definition) is 5. The number of carbonyl (C=O) groups excluding carboxylic acids is 3. The average molecular weight is 528 g/mol. The second-order valence-corrected chi connectivity index (χ2v) is 12.4. The van der Waals surface area contributed by atoms with Crippen LogP contribution in [0.2, 0.25) is 5.02 Å². The van der Waals surface area contributed by atoms with Gasteiger partial charge in [-0.15, -0.1) is 11.3 Å². The van der Waals surface area contributed by atoms with Crippen molar-refractivity contribution in [2.75, 3.05) is 0 Å². The summed E-state index contributed by atoms with van der Waals surface area (Å²) in [4.78, 5) is 43.9. The Kier molecular flexibility index (Phi) is 6.05. The van der Waals surface area contributed by atoms with Gasteiger partial charge in [-0.05, 0) is 56.8 Å². The topological polar surface area (TPSA) is 87.7 Å². The van der Waals surface area contributed by atoms with Crippen LogP contribution in [0.25, 0.3) is 0 Å². The molecule has 3 aliphatic rings. The zero-order valence-electron chi connectivity index (χ0n) is 20.7. The first-order chi connectivity index (χ1) is 16.9. The molecule has 7 nitrogen and oxygen atoms in total. The Hall–Kier alpha value is -2.68. The molecule has 2 aromatic rings. The molecular weight excluding hydrogens is 498 g/mol. The van der Waals surface area contributed by atoms with Crippen LogP contribution >= 0.6 is 22.9 Å². The fraction of sp³-hybridized carbons (Fsp3) is 0.444. The third-order valence-corrected chi connectivity index (χ3v) is 8.24. The summed E-state index contributed by atoms with van der Waals surface area (Å²) in [7, 11) is 0. The van der Waals surface area contributed by atoms with Crippen LogP contribution < -0.4 is 10.6 Å². The van der Waals surface area contributed by atoms with Gasteiger partial charge >= 0.3 is 0 Å². The summed E-state index contributed by atoms with van der Waals surface area (Å²) in [5, 5.41) is 8.56. The zero-order chi connectivity index (χ0) is 25.9. The predicted octanol–water partition coefficient (Wildman–Crippen LogP) is 3.67. The van der Waals surface area contributed by atoms with E-state index in [1.807, 2.05) is 69.5 Å². The van der Waals surface area contributed by atoms with Gasteiger partial charge in [0.15, 0.2) is 0 Å². The van der Waals surface area contributed by atoms with Gasteiger partial charge in [0.2, 0.25) is 17.7 Å². The fourth-order valence-corrected chi connectivity index (χ4v) is 6.49. The van der Waals surface area contributed by atoms with Gasteiger partial charge in [0.05, 0.1) is 24.0 Å². The standard InChI is InChI=1S/C27H30ClN3O4S/c1-25(2,3)30-23(33)21-27-12-11-26(4,35-27)19(22(32)29-14-18-6-5-13-36-18)20(27)24(34)31(21)15-16-7-9-17(28)10-8-16/h5-13,19-21H,14-15H2,1-4H3,(H,29,32)(H,30,33). The van der Waals surface area contributed by atoms with Gasteiger partial charge < -0.3 is 20.3 Å². The maximum absolute atomic E-state index is 14.0. The van der Waals surface area contributed by atoms with E-state index in [0.29, 0.717) is 11.6 Å². The summed E-state index contributed by atoms with van der Waals surface area (Å²) in [5.74, 6) is -2.38. The highest BCUT2D eigenvalue weighted by Crippen LogP contribution is 2.59. The van der Waals surface area contributed by atoms with E-state index in [0.717, 1.165) is 10.4 Å². The molecule has 3 aliphatic heterocycles. The number of carbonyl (C=O) groups is 3. The maximum atomic E-state index is 14.0. The Balaban J connectivity index is 1.50. The van der Waals surface area contributed by atoms with Crippen LogP contribution in [-0.2, 0) is 32.2 Å². The van der Waals surface area contributed by atoms with Gasteiger partial charge in [-0.2, -0.15) is 0 Å². The highest BCUT2D eigenvalue weighted by atomic mass is 35.5. The number of hydrogen-bond donors (Lipinski definition) is 2. The predicted molar refractivity (Wildman–Crippen MR) is 138 cm³/mol. The molecular formula is C27H30ClN3O4S. The van der Waals surface area contributed by atoms with Crippen LogP contribution in [-0.4, -0.2) is 45.4 Å². The van der Waals surface area contributed by atoms with E-state index in [4.69, 9.17) is 16.3 Å². The Bertz CT molecular complexity index is 1220. The number of rotatable bonds is 6. The van der Waals surface area contributed by atoms with Crippen molar-refractivity contribution in [2.24, 2.45) is 11.8 Å². The molecule has 9 heteroatoms. The number of benzene rings is 1. The van der Waals surface area contributed by atoms with Crippen molar-refractivity contribution in [1.29, 1.82) is 0 Å². The Labute approximate surface area is 219 Å². The lowest BCUT2D eigenvalue weighted by Crippen LogP contribution is -2.57. The van der Waals surface area contributed by atoms with Crippen molar-refractivity contribution in [1.82, 2.24) is 15.5 Å². The van der Waals surface area contributed by atoms with Crippen LogP contribution in [0, 0.1) is 11.8 Å². The third kappa shape index (κ3) is 4.15. The smallest absolute Gasteiger partial charge is 0.246 e. The summed E-state index contributed by atoms with van der Waals surface area (Å²) in [5.41, 5.74) is -1.88. The van der Waals surface area contributed by atoms with Gasteiger partial charge in [0, 0.05) is 22.0 Å². The van der Waals surface area contributed by atoms with Crippen molar-refractivity contribution >= 4 is 40.7 Å². The van der Waals surface area contributed by atoms with Crippen LogP contribution in [0.15, 0.2) is 53.9 Å². The van der Waals surface area contributed by atoms with Crippen LogP contribution in [0.3, 0.4) is 0 Å². The molecule has 2 N–H and O–H groups in total. The summed E-state index contributed by atoms with van der Waals surface area (Å²) in [6, 6.07) is 10.1. The molecule has 1 spiro atoms. The monoisotopic (exact) mass is 527 g/mol. The number of nitrogens with one attached hydrogen (secondary N) is 2. The first kappa shape index (κ1) is 25.0. The number of ether oxygens (including phenoxy) is 1. The summed E-state index contributed by atoms with van der Waals surface area (Å²) >= 11 is 7.61. The highest BCUT2D eigenvalue weighted by Gasteiger charge is 2.76. The van der Waals surface area contributed by atoms with Gasteiger partial charge in [-0.25, -0.2) is 0 Å². The summed E-state index contributed by atoms with van der Waals surface area (Å²) < 4.78 is 6.53. The SMILES string of the molecule is CC(C)(C)NC(=O)C1N(Cc2ccc(Cl)cc2)C(=O)C2C(C(=O)NCc3cccs3)C3(C)C=CC21O3. The van der Waals surface area contributed by atoms with E-state index in [9.17, 15) is 14.4 Å². The molecule has 0 radical (unpaired) electrons. The van der Waals surface area contributed by atoms with Crippen LogP contribution in [0.4, 0.5) is 0 Å².